The number of anilines is 1. The average Bonchev–Trinajstić information content (AvgIpc) is 2.40. The lowest BCUT2D eigenvalue weighted by Crippen LogP contribution is -2.43. The van der Waals surface area contributed by atoms with Gasteiger partial charge in [-0.25, -0.2) is 4.39 Å². The fraction of sp³-hybridized carbons (Fsp3) is 0.286. The first-order valence-corrected chi connectivity index (χ1v) is 5.98. The predicted molar refractivity (Wildman–Crippen MR) is 69.0 cm³/mol. The Bertz CT molecular complexity index is 533. The van der Waals surface area contributed by atoms with Gasteiger partial charge in [-0.3, -0.25) is 0 Å². The van der Waals surface area contributed by atoms with Crippen molar-refractivity contribution in [2.24, 2.45) is 0 Å². The van der Waals surface area contributed by atoms with Gasteiger partial charge in [0, 0.05) is 37.3 Å². The lowest BCUT2D eigenvalue weighted by molar-refractivity contribution is 0.589. The van der Waals surface area contributed by atoms with Crippen molar-refractivity contribution in [3.63, 3.8) is 0 Å². The molecule has 0 unspecified atom stereocenters. The van der Waals surface area contributed by atoms with Crippen LogP contribution in [0.3, 0.4) is 0 Å². The van der Waals surface area contributed by atoms with Crippen molar-refractivity contribution in [3.8, 4) is 0 Å². The van der Waals surface area contributed by atoms with Crippen molar-refractivity contribution in [1.82, 2.24) is 5.32 Å². The molecule has 2 aromatic rings. The highest BCUT2D eigenvalue weighted by Crippen LogP contribution is 2.24. The molecule has 0 aromatic heterocycles. The van der Waals surface area contributed by atoms with Crippen LogP contribution in [0.1, 0.15) is 0 Å². The molecule has 0 radical (unpaired) electrons. The average molecular weight is 230 g/mol. The van der Waals surface area contributed by atoms with E-state index in [-0.39, 0.29) is 5.82 Å². The van der Waals surface area contributed by atoms with Gasteiger partial charge in [-0.15, -0.1) is 0 Å². The number of nitrogens with one attached hydrogen (secondary N) is 1. The summed E-state index contributed by atoms with van der Waals surface area (Å²) in [7, 11) is 0. The van der Waals surface area contributed by atoms with E-state index in [2.05, 4.69) is 16.3 Å². The van der Waals surface area contributed by atoms with E-state index in [1.54, 1.807) is 6.07 Å². The molecule has 2 aromatic carbocycles. The number of nitrogens with zero attached hydrogens (tertiary/aromatic N) is 1. The lowest BCUT2D eigenvalue weighted by atomic mass is 10.1. The highest BCUT2D eigenvalue weighted by Gasteiger charge is 2.11. The molecule has 0 amide bonds. The molecule has 2 nitrogen and oxygen atoms in total. The molecule has 1 heterocycles. The third-order valence-corrected chi connectivity index (χ3v) is 3.29. The molecule has 1 aliphatic heterocycles. The van der Waals surface area contributed by atoms with Crippen molar-refractivity contribution in [2.75, 3.05) is 31.1 Å². The summed E-state index contributed by atoms with van der Waals surface area (Å²) >= 11 is 0. The van der Waals surface area contributed by atoms with Gasteiger partial charge in [-0.05, 0) is 23.6 Å². The summed E-state index contributed by atoms with van der Waals surface area (Å²) in [6.45, 7) is 3.96. The number of piperazine rings is 1. The van der Waals surface area contributed by atoms with Gasteiger partial charge >= 0.3 is 0 Å². The number of fused-ring (bicyclic) bond motifs is 1. The Morgan fingerprint density at radius 1 is 1.06 bits per heavy atom. The monoisotopic (exact) mass is 230 g/mol. The van der Waals surface area contributed by atoms with Gasteiger partial charge in [0.05, 0.1) is 0 Å². The minimum absolute atomic E-state index is 0.139. The van der Waals surface area contributed by atoms with Crippen molar-refractivity contribution >= 4 is 16.5 Å². The number of hydrogen-bond donors (Lipinski definition) is 1. The number of benzene rings is 2. The van der Waals surface area contributed by atoms with Crippen LogP contribution in [0.4, 0.5) is 10.1 Å². The zero-order chi connectivity index (χ0) is 11.7. The molecule has 0 spiro atoms. The van der Waals surface area contributed by atoms with Gasteiger partial charge in [0.1, 0.15) is 5.82 Å². The normalized spacial score (nSPS) is 16.4. The second-order valence-electron chi connectivity index (χ2n) is 4.38. The Morgan fingerprint density at radius 3 is 2.71 bits per heavy atom. The molecule has 3 rings (SSSR count). The van der Waals surface area contributed by atoms with Gasteiger partial charge in [-0.2, -0.15) is 0 Å². The maximum atomic E-state index is 13.7. The van der Waals surface area contributed by atoms with Crippen molar-refractivity contribution in [1.29, 1.82) is 0 Å². The molecule has 1 aliphatic rings. The van der Waals surface area contributed by atoms with Gasteiger partial charge in [0.15, 0.2) is 0 Å². The van der Waals surface area contributed by atoms with Gasteiger partial charge in [-0.1, -0.05) is 18.2 Å². The molecule has 0 aliphatic carbocycles. The minimum atomic E-state index is -0.139. The zero-order valence-electron chi connectivity index (χ0n) is 9.62. The number of hydrogen-bond acceptors (Lipinski definition) is 2. The van der Waals surface area contributed by atoms with Crippen LogP contribution in [0.5, 0.6) is 0 Å². The topological polar surface area (TPSA) is 15.3 Å². The summed E-state index contributed by atoms with van der Waals surface area (Å²) in [4.78, 5) is 2.29. The van der Waals surface area contributed by atoms with E-state index in [4.69, 9.17) is 0 Å². The Hall–Kier alpha value is -1.61. The van der Waals surface area contributed by atoms with Crippen LogP contribution in [0.15, 0.2) is 36.4 Å². The Kier molecular flexibility index (Phi) is 2.69. The maximum absolute atomic E-state index is 13.7. The predicted octanol–water partition coefficient (Wildman–Crippen LogP) is 2.39. The van der Waals surface area contributed by atoms with E-state index in [1.165, 1.54) is 6.07 Å². The SMILES string of the molecule is Fc1cccc2ccc(N3CCNCC3)cc12. The third-order valence-electron chi connectivity index (χ3n) is 3.29. The van der Waals surface area contributed by atoms with Crippen molar-refractivity contribution < 1.29 is 4.39 Å². The van der Waals surface area contributed by atoms with Crippen LogP contribution in [0.2, 0.25) is 0 Å². The second kappa shape index (κ2) is 4.34. The van der Waals surface area contributed by atoms with Gasteiger partial charge < -0.3 is 10.2 Å². The molecule has 1 saturated heterocycles. The van der Waals surface area contributed by atoms with Crippen LogP contribution >= 0.6 is 0 Å². The molecule has 17 heavy (non-hydrogen) atoms. The largest absolute Gasteiger partial charge is 0.369 e. The Morgan fingerprint density at radius 2 is 1.88 bits per heavy atom. The summed E-state index contributed by atoms with van der Waals surface area (Å²) in [5.74, 6) is -0.139. The first kappa shape index (κ1) is 10.5. The first-order valence-electron chi connectivity index (χ1n) is 5.98. The molecule has 0 bridgehead atoms. The standard InChI is InChI=1S/C14H15FN2/c15-14-3-1-2-11-4-5-12(10-13(11)14)17-8-6-16-7-9-17/h1-5,10,16H,6-9H2. The second-order valence-corrected chi connectivity index (χ2v) is 4.38. The number of halogens is 1. The maximum Gasteiger partial charge on any atom is 0.131 e. The quantitative estimate of drug-likeness (QED) is 0.809. The van der Waals surface area contributed by atoms with Crippen molar-refractivity contribution in [3.05, 3.63) is 42.2 Å². The van der Waals surface area contributed by atoms with E-state index in [9.17, 15) is 4.39 Å². The highest BCUT2D eigenvalue weighted by molar-refractivity contribution is 5.86. The molecule has 88 valence electrons. The highest BCUT2D eigenvalue weighted by atomic mass is 19.1. The fourth-order valence-corrected chi connectivity index (χ4v) is 2.34. The summed E-state index contributed by atoms with van der Waals surface area (Å²) in [6, 6.07) is 11.2. The van der Waals surface area contributed by atoms with Crippen LogP contribution in [-0.4, -0.2) is 26.2 Å². The molecular weight excluding hydrogens is 215 g/mol. The third kappa shape index (κ3) is 1.98. The number of rotatable bonds is 1. The zero-order valence-corrected chi connectivity index (χ0v) is 9.62. The van der Waals surface area contributed by atoms with E-state index >= 15 is 0 Å². The molecule has 1 N–H and O–H groups in total. The van der Waals surface area contributed by atoms with Crippen LogP contribution in [-0.2, 0) is 0 Å². The first-order chi connectivity index (χ1) is 8.34. The molecule has 0 saturated carbocycles. The van der Waals surface area contributed by atoms with E-state index in [0.717, 1.165) is 37.3 Å². The molecule has 0 atom stereocenters. The minimum Gasteiger partial charge on any atom is -0.369 e. The van der Waals surface area contributed by atoms with Gasteiger partial charge in [0.25, 0.3) is 0 Å². The lowest BCUT2D eigenvalue weighted by Gasteiger charge is -2.29. The summed E-state index contributed by atoms with van der Waals surface area (Å²) in [5.41, 5.74) is 1.11. The van der Waals surface area contributed by atoms with Crippen LogP contribution in [0.25, 0.3) is 10.8 Å². The van der Waals surface area contributed by atoms with Crippen LogP contribution < -0.4 is 10.2 Å². The van der Waals surface area contributed by atoms with E-state index in [1.807, 2.05) is 18.2 Å². The molecule has 3 heteroatoms. The smallest absolute Gasteiger partial charge is 0.131 e. The summed E-state index contributed by atoms with van der Waals surface area (Å²) in [6.07, 6.45) is 0. The summed E-state index contributed by atoms with van der Waals surface area (Å²) < 4.78 is 13.7. The van der Waals surface area contributed by atoms with Crippen LogP contribution in [0, 0.1) is 5.82 Å². The van der Waals surface area contributed by atoms with Gasteiger partial charge in [0.2, 0.25) is 0 Å². The van der Waals surface area contributed by atoms with Crippen molar-refractivity contribution in [2.45, 2.75) is 0 Å². The Labute approximate surface area is 100 Å². The molecular formula is C14H15FN2. The molecule has 1 fully saturated rings. The summed E-state index contributed by atoms with van der Waals surface area (Å²) in [5, 5.41) is 4.99. The fourth-order valence-electron chi connectivity index (χ4n) is 2.34. The van der Waals surface area contributed by atoms with E-state index < -0.39 is 0 Å². The Balaban J connectivity index is 2.03. The van der Waals surface area contributed by atoms with E-state index in [0.29, 0.717) is 5.39 Å².